The predicted molar refractivity (Wildman–Crippen MR) is 53.7 cm³/mol. The zero-order valence-corrected chi connectivity index (χ0v) is 9.84. The van der Waals surface area contributed by atoms with Gasteiger partial charge in [0.1, 0.15) is 0 Å². The molecule has 0 N–H and O–H groups in total. The number of rotatable bonds is 1. The molecule has 6 radical (unpaired) electrons. The number of carbonyl (C=O) groups is 1. The summed E-state index contributed by atoms with van der Waals surface area (Å²) in [5.74, 6) is 0. The molecule has 0 spiro atoms. The summed E-state index contributed by atoms with van der Waals surface area (Å²) in [5.41, 5.74) is 0.541. The summed E-state index contributed by atoms with van der Waals surface area (Å²) in [6, 6.07) is 8.74. The summed E-state index contributed by atoms with van der Waals surface area (Å²) in [6.45, 7) is 13.5. The molecule has 0 saturated heterocycles. The van der Waals surface area contributed by atoms with E-state index in [-0.39, 0.29) is 17.4 Å². The largest absolute Gasteiger partial charge is 0.281 e. The van der Waals surface area contributed by atoms with Crippen LogP contribution in [0, 0.1) is 0 Å². The Labute approximate surface area is 110 Å². The van der Waals surface area contributed by atoms with Crippen LogP contribution in [0.25, 0.3) is 0 Å². The SMILES string of the molecule is O=C(Cl)c1ccccc1.[C]=O.[C]=O.[C]=O.[Cr]. The topological polar surface area (TPSA) is 68.3 Å². The Bertz CT molecular complexity index is 252. The molecule has 1 aromatic rings. The Morgan fingerprint density at radius 2 is 1.19 bits per heavy atom. The second-order valence-electron chi connectivity index (χ2n) is 1.64. The molecule has 4 nitrogen and oxygen atoms in total. The molecule has 1 aromatic carbocycles. The van der Waals surface area contributed by atoms with E-state index in [1.54, 1.807) is 24.3 Å². The molecule has 0 heterocycles. The first kappa shape index (κ1) is 24.1. The van der Waals surface area contributed by atoms with Gasteiger partial charge in [-0.05, 0) is 11.6 Å². The van der Waals surface area contributed by atoms with Crippen LogP contribution in [0.2, 0.25) is 0 Å². The van der Waals surface area contributed by atoms with Crippen molar-refractivity contribution >= 4 is 37.2 Å². The second-order valence-corrected chi connectivity index (χ2v) is 1.98. The maximum Gasteiger partial charge on any atom is 0.281 e. The fourth-order valence-corrected chi connectivity index (χ4v) is 0.695. The van der Waals surface area contributed by atoms with Crippen LogP contribution in [0.5, 0.6) is 0 Å². The van der Waals surface area contributed by atoms with Crippen LogP contribution in [0.4, 0.5) is 0 Å². The van der Waals surface area contributed by atoms with Gasteiger partial charge in [-0.15, -0.1) is 0 Å². The third-order valence-electron chi connectivity index (χ3n) is 1.00. The molecule has 0 saturated carbocycles. The summed E-state index contributed by atoms with van der Waals surface area (Å²) in [5, 5.41) is -0.407. The monoisotopic (exact) mass is 276 g/mol. The third kappa shape index (κ3) is 15.2. The van der Waals surface area contributed by atoms with Crippen molar-refractivity contribution < 1.29 is 36.5 Å². The van der Waals surface area contributed by atoms with E-state index in [2.05, 4.69) is 20.4 Å². The Kier molecular flexibility index (Phi) is 35.4. The standard InChI is InChI=1S/C7H5ClO.3CO.Cr/c8-7(9)6-4-2-1-3-5-6;3*1-2;/h1-5H;;;;. The van der Waals surface area contributed by atoms with Crippen molar-refractivity contribution in [1.29, 1.82) is 0 Å². The molecule has 0 atom stereocenters. The van der Waals surface area contributed by atoms with Crippen molar-refractivity contribution in [2.45, 2.75) is 0 Å². The number of carbonyl (C=O) groups excluding carboxylic acids is 4. The zero-order valence-electron chi connectivity index (χ0n) is 7.81. The summed E-state index contributed by atoms with van der Waals surface area (Å²) in [4.78, 5) is 32.9. The van der Waals surface area contributed by atoms with E-state index in [4.69, 9.17) is 26.0 Å². The van der Waals surface area contributed by atoms with Gasteiger partial charge in [-0.2, -0.15) is 0 Å². The van der Waals surface area contributed by atoms with E-state index in [1.165, 1.54) is 0 Å². The summed E-state index contributed by atoms with van der Waals surface area (Å²) in [6.07, 6.45) is 0. The van der Waals surface area contributed by atoms with Crippen LogP contribution in [0.1, 0.15) is 10.4 Å². The second kappa shape index (κ2) is 23.5. The summed E-state index contributed by atoms with van der Waals surface area (Å²) >= 11 is 5.16. The molecule has 0 amide bonds. The minimum atomic E-state index is -0.407. The Balaban J connectivity index is -0.0000000900. The molecule has 0 aliphatic heterocycles. The Morgan fingerprint density at radius 3 is 1.38 bits per heavy atom. The van der Waals surface area contributed by atoms with Gasteiger partial charge < -0.3 is 0 Å². The van der Waals surface area contributed by atoms with Gasteiger partial charge in [0, 0.05) is 22.9 Å². The van der Waals surface area contributed by atoms with Crippen molar-refractivity contribution in [2.24, 2.45) is 0 Å². The van der Waals surface area contributed by atoms with Crippen LogP contribution >= 0.6 is 11.6 Å². The van der Waals surface area contributed by atoms with Gasteiger partial charge in [-0.25, -0.2) is 0 Å². The molecule has 0 aliphatic carbocycles. The number of hydrogen-bond acceptors (Lipinski definition) is 4. The van der Waals surface area contributed by atoms with Gasteiger partial charge in [0.15, 0.2) is 0 Å². The van der Waals surface area contributed by atoms with Gasteiger partial charge in [0.05, 0.1) is 0 Å². The molecule has 0 fully saturated rings. The van der Waals surface area contributed by atoms with Gasteiger partial charge in [-0.1, -0.05) is 30.3 Å². The third-order valence-corrected chi connectivity index (χ3v) is 1.22. The van der Waals surface area contributed by atoms with E-state index in [0.717, 1.165) is 0 Å². The molecular weight excluding hydrogens is 272 g/mol. The minimum Gasteiger partial charge on any atom is -0.281 e. The van der Waals surface area contributed by atoms with E-state index >= 15 is 0 Å². The minimum absolute atomic E-state index is 0. The van der Waals surface area contributed by atoms with Gasteiger partial charge >= 0.3 is 0 Å². The smallest absolute Gasteiger partial charge is 0.281 e. The normalized spacial score (nSPS) is 5.81. The summed E-state index contributed by atoms with van der Waals surface area (Å²) < 4.78 is 0. The first-order valence-electron chi connectivity index (χ1n) is 3.17. The maximum atomic E-state index is 10.4. The van der Waals surface area contributed by atoms with Crippen molar-refractivity contribution in [3.63, 3.8) is 0 Å². The molecule has 16 heavy (non-hydrogen) atoms. The van der Waals surface area contributed by atoms with E-state index in [1.807, 2.05) is 6.07 Å². The molecule has 0 unspecified atom stereocenters. The van der Waals surface area contributed by atoms with Gasteiger partial charge in [0.25, 0.3) is 25.6 Å². The van der Waals surface area contributed by atoms with E-state index in [0.29, 0.717) is 5.56 Å². The predicted octanol–water partition coefficient (Wildman–Crippen LogP) is 0.872. The number of benzene rings is 1. The van der Waals surface area contributed by atoms with E-state index in [9.17, 15) is 4.79 Å². The average molecular weight is 277 g/mol. The Morgan fingerprint density at radius 1 is 0.875 bits per heavy atom. The first-order valence-corrected chi connectivity index (χ1v) is 3.54. The number of halogens is 1. The molecule has 82 valence electrons. The quantitative estimate of drug-likeness (QED) is 0.714. The van der Waals surface area contributed by atoms with Crippen molar-refractivity contribution in [1.82, 2.24) is 0 Å². The van der Waals surface area contributed by atoms with Gasteiger partial charge in [-0.3, -0.25) is 19.2 Å². The van der Waals surface area contributed by atoms with Crippen LogP contribution in [-0.4, -0.2) is 25.6 Å². The molecule has 0 bridgehead atoms. The Hall–Kier alpha value is -1.28. The molecule has 6 heteroatoms. The number of hydrogen-bond donors (Lipinski definition) is 0. The fraction of sp³-hybridized carbons (Fsp3) is 0. The van der Waals surface area contributed by atoms with Crippen LogP contribution in [0.3, 0.4) is 0 Å². The molecule has 1 rings (SSSR count). The van der Waals surface area contributed by atoms with Crippen molar-refractivity contribution in [3.05, 3.63) is 35.9 Å². The average Bonchev–Trinajstić information content (AvgIpc) is 2.38. The zero-order chi connectivity index (χ0) is 12.7. The van der Waals surface area contributed by atoms with Crippen molar-refractivity contribution in [2.75, 3.05) is 0 Å². The fourth-order valence-electron chi connectivity index (χ4n) is 0.569. The van der Waals surface area contributed by atoms with Crippen molar-refractivity contribution in [3.8, 4) is 0 Å². The van der Waals surface area contributed by atoms with Crippen LogP contribution < -0.4 is 0 Å². The maximum absolute atomic E-state index is 10.4. The summed E-state index contributed by atoms with van der Waals surface area (Å²) in [7, 11) is 0. The molecule has 0 aliphatic rings. The molecular formula is C10H5ClCrO4. The van der Waals surface area contributed by atoms with Gasteiger partial charge in [0.2, 0.25) is 0 Å². The van der Waals surface area contributed by atoms with Crippen LogP contribution in [-0.2, 0) is 31.7 Å². The van der Waals surface area contributed by atoms with Crippen LogP contribution in [0.15, 0.2) is 30.3 Å². The molecule has 0 aromatic heterocycles. The first-order chi connectivity index (χ1) is 7.30. The van der Waals surface area contributed by atoms with E-state index < -0.39 is 5.24 Å².